The van der Waals surface area contributed by atoms with Gasteiger partial charge >= 0.3 is 0 Å². The summed E-state index contributed by atoms with van der Waals surface area (Å²) in [7, 11) is 2.01. The number of hydrazine groups is 1. The molecule has 136 valence electrons. The maximum atomic E-state index is 14.0. The third-order valence-corrected chi connectivity index (χ3v) is 4.99. The lowest BCUT2D eigenvalue weighted by molar-refractivity contribution is -0.116. The molecular formula is C19H22FN5O. The highest BCUT2D eigenvalue weighted by atomic mass is 19.1. The molecule has 0 spiro atoms. The zero-order valence-electron chi connectivity index (χ0n) is 14.8. The van der Waals surface area contributed by atoms with Crippen LogP contribution in [0.15, 0.2) is 36.4 Å². The van der Waals surface area contributed by atoms with Gasteiger partial charge in [0.15, 0.2) is 0 Å². The Morgan fingerprint density at radius 2 is 2.15 bits per heavy atom. The lowest BCUT2D eigenvalue weighted by Gasteiger charge is -2.19. The summed E-state index contributed by atoms with van der Waals surface area (Å²) in [6.07, 6.45) is 0.406. The molecule has 2 atom stereocenters. The van der Waals surface area contributed by atoms with Crippen LogP contribution in [0.25, 0.3) is 0 Å². The number of fused-ring (bicyclic) bond motifs is 1. The van der Waals surface area contributed by atoms with Crippen molar-refractivity contribution in [2.45, 2.75) is 25.6 Å². The third kappa shape index (κ3) is 3.05. The fourth-order valence-electron chi connectivity index (χ4n) is 3.55. The van der Waals surface area contributed by atoms with Crippen molar-refractivity contribution in [3.05, 3.63) is 58.9 Å². The molecule has 6 nitrogen and oxygen atoms in total. The first-order chi connectivity index (χ1) is 12.5. The Morgan fingerprint density at radius 3 is 2.88 bits per heavy atom. The van der Waals surface area contributed by atoms with Gasteiger partial charge in [-0.25, -0.2) is 15.2 Å². The molecule has 2 unspecified atom stereocenters. The van der Waals surface area contributed by atoms with E-state index in [9.17, 15) is 9.18 Å². The minimum Gasteiger partial charge on any atom is -0.373 e. The summed E-state index contributed by atoms with van der Waals surface area (Å²) in [6, 6.07) is 10.4. The maximum Gasteiger partial charge on any atom is 0.247 e. The van der Waals surface area contributed by atoms with Crippen molar-refractivity contribution in [1.82, 2.24) is 15.8 Å². The van der Waals surface area contributed by atoms with Crippen LogP contribution in [0, 0.1) is 12.7 Å². The van der Waals surface area contributed by atoms with Crippen LogP contribution in [0.5, 0.6) is 0 Å². The summed E-state index contributed by atoms with van der Waals surface area (Å²) in [5.41, 5.74) is 10.3. The van der Waals surface area contributed by atoms with Gasteiger partial charge in [0.05, 0.1) is 12.8 Å². The first-order valence-electron chi connectivity index (χ1n) is 8.67. The number of carbonyl (C=O) groups is 1. The highest BCUT2D eigenvalue weighted by Crippen LogP contribution is 2.32. The lowest BCUT2D eigenvalue weighted by atomic mass is 10.1. The van der Waals surface area contributed by atoms with Crippen molar-refractivity contribution in [3.8, 4) is 0 Å². The third-order valence-electron chi connectivity index (χ3n) is 4.99. The number of nitrogens with one attached hydrogen (secondary N) is 4. The number of benzene rings is 2. The van der Waals surface area contributed by atoms with Gasteiger partial charge in [0.25, 0.3) is 0 Å². The van der Waals surface area contributed by atoms with Crippen LogP contribution in [0.3, 0.4) is 0 Å². The summed E-state index contributed by atoms with van der Waals surface area (Å²) in [5.74, 6) is -0.429. The number of anilines is 2. The van der Waals surface area contributed by atoms with Gasteiger partial charge in [-0.15, -0.1) is 0 Å². The molecule has 7 heteroatoms. The monoisotopic (exact) mass is 355 g/mol. The van der Waals surface area contributed by atoms with E-state index in [4.69, 9.17) is 0 Å². The first kappa shape index (κ1) is 17.0. The summed E-state index contributed by atoms with van der Waals surface area (Å²) in [6.45, 7) is 2.66. The van der Waals surface area contributed by atoms with Gasteiger partial charge in [0.1, 0.15) is 11.9 Å². The number of nitrogens with zero attached hydrogens (tertiary/aromatic N) is 1. The topological polar surface area (TPSA) is 68.4 Å². The van der Waals surface area contributed by atoms with Gasteiger partial charge in [0, 0.05) is 23.4 Å². The second kappa shape index (κ2) is 6.68. The predicted octanol–water partition coefficient (Wildman–Crippen LogP) is 2.11. The Hall–Kier alpha value is -2.48. The van der Waals surface area contributed by atoms with Crippen molar-refractivity contribution >= 4 is 17.3 Å². The lowest BCUT2D eigenvalue weighted by Crippen LogP contribution is -2.33. The van der Waals surface area contributed by atoms with Crippen LogP contribution >= 0.6 is 0 Å². The van der Waals surface area contributed by atoms with E-state index in [-0.39, 0.29) is 17.9 Å². The highest BCUT2D eigenvalue weighted by Gasteiger charge is 2.30. The first-order valence-corrected chi connectivity index (χ1v) is 8.67. The molecule has 0 saturated carbocycles. The van der Waals surface area contributed by atoms with Gasteiger partial charge in [-0.3, -0.25) is 9.69 Å². The fraction of sp³-hybridized carbons (Fsp3) is 0.316. The minimum absolute atomic E-state index is 0.0532. The molecule has 2 aliphatic rings. The summed E-state index contributed by atoms with van der Waals surface area (Å²) in [4.78, 5) is 14.8. The molecule has 0 radical (unpaired) electrons. The maximum absolute atomic E-state index is 14.0. The molecule has 1 amide bonds. The van der Waals surface area contributed by atoms with E-state index in [1.165, 1.54) is 6.07 Å². The Morgan fingerprint density at radius 1 is 1.31 bits per heavy atom. The Bertz CT molecular complexity index is 825. The van der Waals surface area contributed by atoms with Crippen molar-refractivity contribution in [2.24, 2.45) is 0 Å². The molecule has 1 fully saturated rings. The molecule has 2 aromatic carbocycles. The van der Waals surface area contributed by atoms with Crippen molar-refractivity contribution < 1.29 is 9.18 Å². The Labute approximate surface area is 151 Å². The second-order valence-corrected chi connectivity index (χ2v) is 6.87. The second-order valence-electron chi connectivity index (χ2n) is 6.87. The van der Waals surface area contributed by atoms with Crippen LogP contribution in [0.2, 0.25) is 0 Å². The molecule has 0 aromatic heterocycles. The average Bonchev–Trinajstić information content (AvgIpc) is 3.26. The van der Waals surface area contributed by atoms with Crippen molar-refractivity contribution in [2.75, 3.05) is 24.3 Å². The normalized spacial score (nSPS) is 22.1. The molecule has 2 aromatic rings. The van der Waals surface area contributed by atoms with Crippen LogP contribution < -0.4 is 21.5 Å². The molecule has 0 bridgehead atoms. The van der Waals surface area contributed by atoms with Crippen LogP contribution in [0.4, 0.5) is 15.8 Å². The molecule has 2 heterocycles. The predicted molar refractivity (Wildman–Crippen MR) is 99.0 cm³/mol. The van der Waals surface area contributed by atoms with E-state index in [0.29, 0.717) is 12.0 Å². The summed E-state index contributed by atoms with van der Waals surface area (Å²) in [5, 5.41) is 6.10. The number of amides is 1. The molecule has 4 rings (SSSR count). The van der Waals surface area contributed by atoms with Gasteiger partial charge in [-0.2, -0.15) is 0 Å². The summed E-state index contributed by atoms with van der Waals surface area (Å²) >= 11 is 0. The van der Waals surface area contributed by atoms with E-state index in [0.717, 1.165) is 29.2 Å². The number of hydrogen-bond acceptors (Lipinski definition) is 5. The molecule has 4 N–H and O–H groups in total. The Balaban J connectivity index is 1.48. The number of rotatable bonds is 3. The standard InChI is InChI=1S/C19H22FN5O/c1-11-6-7-15(20)14-9-16(23-17(11)14)19(26)22-13-5-3-4-12(8-13)18-24-21-10-25(18)2/h3-8,16,18,21,23-24H,9-10H2,1-2H3,(H,22,26). The number of aryl methyl sites for hydroxylation is 1. The number of halogens is 1. The molecule has 2 aliphatic heterocycles. The highest BCUT2D eigenvalue weighted by molar-refractivity contribution is 5.98. The van der Waals surface area contributed by atoms with E-state index < -0.39 is 6.04 Å². The van der Waals surface area contributed by atoms with Crippen molar-refractivity contribution in [1.29, 1.82) is 0 Å². The molecule has 0 aliphatic carbocycles. The SMILES string of the molecule is Cc1ccc(F)c2c1NC(C(=O)Nc1cccc(C3NNCN3C)c1)C2. The van der Waals surface area contributed by atoms with Gasteiger partial charge in [-0.05, 0) is 43.3 Å². The molecular weight excluding hydrogens is 333 g/mol. The van der Waals surface area contributed by atoms with E-state index >= 15 is 0 Å². The quantitative estimate of drug-likeness (QED) is 0.679. The average molecular weight is 355 g/mol. The van der Waals surface area contributed by atoms with Crippen LogP contribution in [-0.4, -0.2) is 30.6 Å². The van der Waals surface area contributed by atoms with Crippen LogP contribution in [-0.2, 0) is 11.2 Å². The summed E-state index contributed by atoms with van der Waals surface area (Å²) < 4.78 is 14.0. The van der Waals surface area contributed by atoms with E-state index in [1.807, 2.05) is 38.2 Å². The van der Waals surface area contributed by atoms with Crippen LogP contribution in [0.1, 0.15) is 22.9 Å². The van der Waals surface area contributed by atoms with E-state index in [1.54, 1.807) is 6.07 Å². The fourth-order valence-corrected chi connectivity index (χ4v) is 3.55. The minimum atomic E-state index is -0.474. The molecule has 26 heavy (non-hydrogen) atoms. The van der Waals surface area contributed by atoms with Crippen molar-refractivity contribution in [3.63, 3.8) is 0 Å². The van der Waals surface area contributed by atoms with Gasteiger partial charge in [0.2, 0.25) is 5.91 Å². The van der Waals surface area contributed by atoms with E-state index in [2.05, 4.69) is 26.4 Å². The molecule has 1 saturated heterocycles. The van der Waals surface area contributed by atoms with Gasteiger partial charge in [-0.1, -0.05) is 18.2 Å². The number of carbonyl (C=O) groups excluding carboxylic acids is 1. The number of hydrogen-bond donors (Lipinski definition) is 4. The smallest absolute Gasteiger partial charge is 0.247 e. The Kier molecular flexibility index (Phi) is 4.36. The zero-order valence-corrected chi connectivity index (χ0v) is 14.8. The largest absolute Gasteiger partial charge is 0.373 e. The zero-order chi connectivity index (χ0) is 18.3. The van der Waals surface area contributed by atoms with Gasteiger partial charge < -0.3 is 10.6 Å².